The molecule has 0 aliphatic rings. The summed E-state index contributed by atoms with van der Waals surface area (Å²) in [6, 6.07) is 19.5. The van der Waals surface area contributed by atoms with Crippen LogP contribution in [0, 0.1) is 18.3 Å². The highest BCUT2D eigenvalue weighted by Crippen LogP contribution is 2.36. The van der Waals surface area contributed by atoms with Crippen molar-refractivity contribution in [3.05, 3.63) is 101 Å². The molecule has 1 amide bonds. The molecule has 0 bridgehead atoms. The van der Waals surface area contributed by atoms with Crippen molar-refractivity contribution >= 4 is 34.8 Å². The number of benzene rings is 3. The van der Waals surface area contributed by atoms with Gasteiger partial charge in [0.2, 0.25) is 5.95 Å². The molecule has 0 spiro atoms. The van der Waals surface area contributed by atoms with Crippen LogP contribution in [0.15, 0.2) is 72.9 Å². The van der Waals surface area contributed by atoms with Crippen LogP contribution in [0.5, 0.6) is 0 Å². The fourth-order valence-corrected chi connectivity index (χ4v) is 3.65. The van der Waals surface area contributed by atoms with E-state index in [0.717, 1.165) is 11.1 Å². The van der Waals surface area contributed by atoms with E-state index >= 15 is 0 Å². The van der Waals surface area contributed by atoms with Crippen molar-refractivity contribution in [3.8, 4) is 17.3 Å². The van der Waals surface area contributed by atoms with Crippen LogP contribution in [-0.2, 0) is 12.1 Å². The number of nitrogens with one attached hydrogen (secondary N) is 2. The Morgan fingerprint density at radius 3 is 2.38 bits per heavy atom. The maximum Gasteiger partial charge on any atom is 0.419 e. The van der Waals surface area contributed by atoms with Gasteiger partial charge in [0.25, 0.3) is 5.91 Å². The molecule has 3 aromatic carbocycles. The summed E-state index contributed by atoms with van der Waals surface area (Å²) < 4.78 is 40.8. The first kappa shape index (κ1) is 25.7. The molecule has 0 atom stereocenters. The fraction of sp³-hybridized carbons (Fsp3) is 0.111. The second-order valence-electron chi connectivity index (χ2n) is 8.08. The number of anilines is 3. The molecule has 6 nitrogen and oxygen atoms in total. The van der Waals surface area contributed by atoms with Gasteiger partial charge in [0.15, 0.2) is 0 Å². The van der Waals surface area contributed by atoms with E-state index in [1.807, 2.05) is 31.2 Å². The van der Waals surface area contributed by atoms with E-state index in [9.17, 15) is 18.0 Å². The lowest BCUT2D eigenvalue weighted by atomic mass is 10.1. The zero-order valence-corrected chi connectivity index (χ0v) is 20.2. The Labute approximate surface area is 215 Å². The zero-order chi connectivity index (χ0) is 26.6. The number of aromatic nitrogens is 2. The maximum absolute atomic E-state index is 13.6. The number of hydrogen-bond acceptors (Lipinski definition) is 5. The Hall–Kier alpha value is -4.42. The van der Waals surface area contributed by atoms with Crippen LogP contribution < -0.4 is 10.6 Å². The SMILES string of the molecule is Cc1ccc(CCl)cc1NC(=O)c1ccc(Nc2ncc(C(F)(F)F)c(-c3ccc(C#N)cc3)n2)cc1. The molecule has 186 valence electrons. The normalized spacial score (nSPS) is 11.0. The van der Waals surface area contributed by atoms with Crippen molar-refractivity contribution in [2.45, 2.75) is 19.0 Å². The summed E-state index contributed by atoms with van der Waals surface area (Å²) in [7, 11) is 0. The third-order valence-corrected chi connectivity index (χ3v) is 5.80. The van der Waals surface area contributed by atoms with Crippen molar-refractivity contribution in [3.63, 3.8) is 0 Å². The summed E-state index contributed by atoms with van der Waals surface area (Å²) in [6.07, 6.45) is -3.96. The molecule has 0 radical (unpaired) electrons. The van der Waals surface area contributed by atoms with Crippen LogP contribution in [0.1, 0.15) is 32.6 Å². The maximum atomic E-state index is 13.6. The molecule has 4 aromatic rings. The molecule has 4 rings (SSSR count). The topological polar surface area (TPSA) is 90.7 Å². The van der Waals surface area contributed by atoms with Gasteiger partial charge >= 0.3 is 6.18 Å². The third kappa shape index (κ3) is 6.05. The summed E-state index contributed by atoms with van der Waals surface area (Å²) >= 11 is 5.88. The summed E-state index contributed by atoms with van der Waals surface area (Å²) in [4.78, 5) is 20.6. The van der Waals surface area contributed by atoms with E-state index in [0.29, 0.717) is 34.6 Å². The Morgan fingerprint density at radius 1 is 1.05 bits per heavy atom. The molecular formula is C27H19ClF3N5O. The first-order valence-electron chi connectivity index (χ1n) is 11.0. The monoisotopic (exact) mass is 521 g/mol. The Kier molecular flexibility index (Phi) is 7.41. The number of halogens is 4. The van der Waals surface area contributed by atoms with E-state index in [1.54, 1.807) is 24.3 Å². The predicted octanol–water partition coefficient (Wildman–Crippen LogP) is 7.08. The standard InChI is InChI=1S/C27H19ClF3N5O/c1-16-2-3-18(13-28)12-23(16)35-25(37)20-8-10-21(11-9-20)34-26-33-15-22(27(29,30)31)24(36-26)19-6-4-17(14-32)5-7-19/h2-12,15H,13H2,1H3,(H,35,37)(H,33,34,36). The van der Waals surface area contributed by atoms with Crippen molar-refractivity contribution in [1.82, 2.24) is 9.97 Å². The summed E-state index contributed by atoms with van der Waals surface area (Å²) in [6.45, 7) is 1.87. The van der Waals surface area contributed by atoms with Crippen molar-refractivity contribution in [1.29, 1.82) is 5.26 Å². The molecular weight excluding hydrogens is 503 g/mol. The largest absolute Gasteiger partial charge is 0.419 e. The lowest BCUT2D eigenvalue weighted by Crippen LogP contribution is -2.13. The molecule has 1 aromatic heterocycles. The average Bonchev–Trinajstić information content (AvgIpc) is 2.89. The first-order chi connectivity index (χ1) is 17.7. The fourth-order valence-electron chi connectivity index (χ4n) is 3.49. The van der Waals surface area contributed by atoms with Crippen LogP contribution in [-0.4, -0.2) is 15.9 Å². The van der Waals surface area contributed by atoms with Gasteiger partial charge in [-0.3, -0.25) is 4.79 Å². The highest BCUT2D eigenvalue weighted by molar-refractivity contribution is 6.17. The number of rotatable bonds is 6. The zero-order valence-electron chi connectivity index (χ0n) is 19.4. The minimum absolute atomic E-state index is 0.0573. The predicted molar refractivity (Wildman–Crippen MR) is 136 cm³/mol. The molecule has 0 aliphatic carbocycles. The van der Waals surface area contributed by atoms with Gasteiger partial charge in [0.05, 0.1) is 17.3 Å². The highest BCUT2D eigenvalue weighted by atomic mass is 35.5. The minimum Gasteiger partial charge on any atom is -0.324 e. The van der Waals surface area contributed by atoms with Crippen LogP contribution in [0.4, 0.5) is 30.5 Å². The van der Waals surface area contributed by atoms with Gasteiger partial charge in [-0.1, -0.05) is 24.3 Å². The van der Waals surface area contributed by atoms with Crippen LogP contribution in [0.25, 0.3) is 11.3 Å². The molecule has 0 unspecified atom stereocenters. The Morgan fingerprint density at radius 2 is 1.76 bits per heavy atom. The van der Waals surface area contributed by atoms with Gasteiger partial charge < -0.3 is 10.6 Å². The minimum atomic E-state index is -4.67. The lowest BCUT2D eigenvalue weighted by Gasteiger charge is -2.14. The van der Waals surface area contributed by atoms with E-state index in [4.69, 9.17) is 16.9 Å². The number of hydrogen-bond donors (Lipinski definition) is 2. The number of nitrogens with zero attached hydrogens (tertiary/aromatic N) is 3. The van der Waals surface area contributed by atoms with E-state index in [-0.39, 0.29) is 23.1 Å². The van der Waals surface area contributed by atoms with Crippen molar-refractivity contribution in [2.75, 3.05) is 10.6 Å². The van der Waals surface area contributed by atoms with Crippen LogP contribution >= 0.6 is 11.6 Å². The molecule has 1 heterocycles. The molecule has 2 N–H and O–H groups in total. The quantitative estimate of drug-likeness (QED) is 0.265. The number of amides is 1. The van der Waals surface area contributed by atoms with Gasteiger partial charge in [-0.05, 0) is 60.5 Å². The number of nitriles is 1. The molecule has 0 aliphatic heterocycles. The highest BCUT2D eigenvalue weighted by Gasteiger charge is 2.35. The summed E-state index contributed by atoms with van der Waals surface area (Å²) in [5.41, 5.74) is 2.46. The van der Waals surface area contributed by atoms with Crippen molar-refractivity contribution < 1.29 is 18.0 Å². The van der Waals surface area contributed by atoms with Gasteiger partial charge in [-0.15, -0.1) is 11.6 Å². The second kappa shape index (κ2) is 10.7. The third-order valence-electron chi connectivity index (χ3n) is 5.49. The summed E-state index contributed by atoms with van der Waals surface area (Å²) in [5, 5.41) is 14.7. The van der Waals surface area contributed by atoms with Crippen LogP contribution in [0.3, 0.4) is 0 Å². The molecule has 0 fully saturated rings. The average molecular weight is 522 g/mol. The van der Waals surface area contributed by atoms with Crippen LogP contribution in [0.2, 0.25) is 0 Å². The molecule has 0 saturated carbocycles. The Balaban J connectivity index is 1.55. The van der Waals surface area contributed by atoms with E-state index < -0.39 is 11.7 Å². The lowest BCUT2D eigenvalue weighted by molar-refractivity contribution is -0.137. The number of carbonyl (C=O) groups excluding carboxylic acids is 1. The first-order valence-corrected chi connectivity index (χ1v) is 11.5. The molecule has 37 heavy (non-hydrogen) atoms. The number of alkyl halides is 4. The van der Waals surface area contributed by atoms with Gasteiger partial charge in [0, 0.05) is 34.6 Å². The van der Waals surface area contributed by atoms with Gasteiger partial charge in [0.1, 0.15) is 5.56 Å². The molecule has 0 saturated heterocycles. The Bertz CT molecular complexity index is 1480. The second-order valence-corrected chi connectivity index (χ2v) is 8.35. The number of carbonyl (C=O) groups is 1. The van der Waals surface area contributed by atoms with Crippen molar-refractivity contribution in [2.24, 2.45) is 0 Å². The van der Waals surface area contributed by atoms with E-state index in [2.05, 4.69) is 20.6 Å². The van der Waals surface area contributed by atoms with Gasteiger partial charge in [-0.25, -0.2) is 9.97 Å². The molecule has 10 heteroatoms. The number of aryl methyl sites for hydroxylation is 1. The smallest absolute Gasteiger partial charge is 0.324 e. The van der Waals surface area contributed by atoms with Gasteiger partial charge in [-0.2, -0.15) is 18.4 Å². The summed E-state index contributed by atoms with van der Waals surface area (Å²) in [5.74, 6) is -0.0593. The van der Waals surface area contributed by atoms with E-state index in [1.165, 1.54) is 24.3 Å².